The summed E-state index contributed by atoms with van der Waals surface area (Å²) in [6.07, 6.45) is 6.73. The fourth-order valence-electron chi connectivity index (χ4n) is 1.81. The van der Waals surface area contributed by atoms with E-state index in [-0.39, 0.29) is 0 Å². The van der Waals surface area contributed by atoms with Crippen LogP contribution in [0.2, 0.25) is 0 Å². The highest BCUT2D eigenvalue weighted by Crippen LogP contribution is 2.20. The zero-order valence-corrected chi connectivity index (χ0v) is 10.8. The highest BCUT2D eigenvalue weighted by atomic mass is 32.1. The molecule has 1 aromatic heterocycles. The van der Waals surface area contributed by atoms with Crippen LogP contribution in [0.4, 0.5) is 0 Å². The molecule has 2 unspecified atom stereocenters. The van der Waals surface area contributed by atoms with Gasteiger partial charge >= 0.3 is 0 Å². The Labute approximate surface area is 97.1 Å². The van der Waals surface area contributed by atoms with Crippen molar-refractivity contribution in [2.24, 2.45) is 0 Å². The lowest BCUT2D eigenvalue weighted by Crippen LogP contribution is -2.32. The van der Waals surface area contributed by atoms with Crippen molar-refractivity contribution in [2.45, 2.75) is 58.5 Å². The van der Waals surface area contributed by atoms with Gasteiger partial charge in [0.2, 0.25) is 0 Å². The number of nitrogens with zero attached hydrogens (tertiary/aromatic N) is 1. The van der Waals surface area contributed by atoms with Crippen LogP contribution in [0, 0.1) is 0 Å². The topological polar surface area (TPSA) is 24.9 Å². The van der Waals surface area contributed by atoms with Gasteiger partial charge in [-0.25, -0.2) is 4.98 Å². The number of nitrogens with one attached hydrogen (secondary N) is 1. The van der Waals surface area contributed by atoms with Gasteiger partial charge in [-0.3, -0.25) is 0 Å². The fourth-order valence-corrected chi connectivity index (χ4v) is 2.59. The monoisotopic (exact) mass is 226 g/mol. The standard InChI is InChI=1S/C12H22N2S/c1-4-7-10(5-2)14-11(6-3)12-13-8-9-15-12/h8-11,14H,4-7H2,1-3H3. The Hall–Kier alpha value is -0.410. The van der Waals surface area contributed by atoms with Crippen molar-refractivity contribution >= 4 is 11.3 Å². The largest absolute Gasteiger partial charge is 0.305 e. The minimum Gasteiger partial charge on any atom is -0.305 e. The average Bonchev–Trinajstić information content (AvgIpc) is 2.77. The van der Waals surface area contributed by atoms with Crippen LogP contribution in [0.5, 0.6) is 0 Å². The summed E-state index contributed by atoms with van der Waals surface area (Å²) in [5.74, 6) is 0. The predicted octanol–water partition coefficient (Wildman–Crippen LogP) is 3.76. The minimum absolute atomic E-state index is 0.446. The quantitative estimate of drug-likeness (QED) is 0.765. The molecular weight excluding hydrogens is 204 g/mol. The zero-order valence-electron chi connectivity index (χ0n) is 9.99. The van der Waals surface area contributed by atoms with E-state index in [1.165, 1.54) is 24.3 Å². The second-order valence-electron chi connectivity index (χ2n) is 3.89. The van der Waals surface area contributed by atoms with Crippen LogP contribution in [0.15, 0.2) is 11.6 Å². The summed E-state index contributed by atoms with van der Waals surface area (Å²) < 4.78 is 0. The summed E-state index contributed by atoms with van der Waals surface area (Å²) in [7, 11) is 0. The highest BCUT2D eigenvalue weighted by Gasteiger charge is 2.15. The molecule has 0 saturated carbocycles. The van der Waals surface area contributed by atoms with E-state index in [9.17, 15) is 0 Å². The molecule has 0 aromatic carbocycles. The van der Waals surface area contributed by atoms with Crippen LogP contribution >= 0.6 is 11.3 Å². The maximum atomic E-state index is 4.39. The van der Waals surface area contributed by atoms with Gasteiger partial charge < -0.3 is 5.32 Å². The minimum atomic E-state index is 0.446. The van der Waals surface area contributed by atoms with E-state index in [2.05, 4.69) is 36.5 Å². The number of hydrogen-bond acceptors (Lipinski definition) is 3. The first-order valence-electron chi connectivity index (χ1n) is 5.97. The molecule has 0 spiro atoms. The Morgan fingerprint density at radius 3 is 2.60 bits per heavy atom. The molecule has 0 bridgehead atoms. The van der Waals surface area contributed by atoms with Gasteiger partial charge in [-0.05, 0) is 19.3 Å². The van der Waals surface area contributed by atoms with E-state index in [4.69, 9.17) is 0 Å². The van der Waals surface area contributed by atoms with Crippen LogP contribution in [0.3, 0.4) is 0 Å². The van der Waals surface area contributed by atoms with Crippen LogP contribution in [0.1, 0.15) is 57.5 Å². The van der Waals surface area contributed by atoms with Gasteiger partial charge in [-0.15, -0.1) is 11.3 Å². The molecule has 0 aliphatic heterocycles. The Kier molecular flexibility index (Phi) is 5.88. The molecule has 0 saturated heterocycles. The van der Waals surface area contributed by atoms with Crippen molar-refractivity contribution in [2.75, 3.05) is 0 Å². The molecule has 0 radical (unpaired) electrons. The summed E-state index contributed by atoms with van der Waals surface area (Å²) in [5.41, 5.74) is 0. The highest BCUT2D eigenvalue weighted by molar-refractivity contribution is 7.09. The molecule has 2 nitrogen and oxygen atoms in total. The summed E-state index contributed by atoms with van der Waals surface area (Å²) in [5, 5.41) is 6.99. The van der Waals surface area contributed by atoms with E-state index < -0.39 is 0 Å². The Morgan fingerprint density at radius 2 is 2.13 bits per heavy atom. The third-order valence-corrected chi connectivity index (χ3v) is 3.61. The molecule has 1 N–H and O–H groups in total. The van der Waals surface area contributed by atoms with Crippen LogP contribution in [-0.2, 0) is 0 Å². The summed E-state index contributed by atoms with van der Waals surface area (Å²) in [6, 6.07) is 1.09. The van der Waals surface area contributed by atoms with Gasteiger partial charge in [-0.1, -0.05) is 27.2 Å². The van der Waals surface area contributed by atoms with Gasteiger partial charge in [0, 0.05) is 17.6 Å². The number of thiazole rings is 1. The molecule has 0 amide bonds. The molecule has 0 aliphatic rings. The predicted molar refractivity (Wildman–Crippen MR) is 67.3 cm³/mol. The summed E-state index contributed by atoms with van der Waals surface area (Å²) >= 11 is 1.75. The maximum absolute atomic E-state index is 4.39. The van der Waals surface area contributed by atoms with E-state index in [0.29, 0.717) is 12.1 Å². The third kappa shape index (κ3) is 3.92. The first-order valence-corrected chi connectivity index (χ1v) is 6.85. The van der Waals surface area contributed by atoms with E-state index >= 15 is 0 Å². The lowest BCUT2D eigenvalue weighted by Gasteiger charge is -2.22. The SMILES string of the molecule is CCCC(CC)NC(CC)c1nccs1. The fraction of sp³-hybridized carbons (Fsp3) is 0.750. The molecule has 86 valence electrons. The molecule has 3 heteroatoms. The first kappa shape index (κ1) is 12.7. The summed E-state index contributed by atoms with van der Waals surface area (Å²) in [6.45, 7) is 6.72. The van der Waals surface area contributed by atoms with Gasteiger partial charge in [0.15, 0.2) is 0 Å². The van der Waals surface area contributed by atoms with Crippen molar-refractivity contribution in [3.8, 4) is 0 Å². The molecule has 2 atom stereocenters. The molecule has 1 heterocycles. The maximum Gasteiger partial charge on any atom is 0.109 e. The molecular formula is C12H22N2S. The van der Waals surface area contributed by atoms with Crippen molar-refractivity contribution in [3.63, 3.8) is 0 Å². The number of aromatic nitrogens is 1. The van der Waals surface area contributed by atoms with Crippen molar-refractivity contribution in [3.05, 3.63) is 16.6 Å². The molecule has 15 heavy (non-hydrogen) atoms. The van der Waals surface area contributed by atoms with Gasteiger partial charge in [0.25, 0.3) is 0 Å². The van der Waals surface area contributed by atoms with Gasteiger partial charge in [-0.2, -0.15) is 0 Å². The number of rotatable bonds is 7. The normalized spacial score (nSPS) is 15.1. The molecule has 0 aliphatic carbocycles. The second-order valence-corrected chi connectivity index (χ2v) is 4.82. The Balaban J connectivity index is 2.52. The van der Waals surface area contributed by atoms with E-state index in [0.717, 1.165) is 6.42 Å². The van der Waals surface area contributed by atoms with Crippen LogP contribution < -0.4 is 5.32 Å². The second kappa shape index (κ2) is 6.96. The lowest BCUT2D eigenvalue weighted by molar-refractivity contribution is 0.393. The van der Waals surface area contributed by atoms with Gasteiger partial charge in [0.1, 0.15) is 5.01 Å². The Morgan fingerprint density at radius 1 is 1.33 bits per heavy atom. The average molecular weight is 226 g/mol. The van der Waals surface area contributed by atoms with Crippen molar-refractivity contribution < 1.29 is 0 Å². The number of hydrogen-bond donors (Lipinski definition) is 1. The summed E-state index contributed by atoms with van der Waals surface area (Å²) in [4.78, 5) is 4.39. The smallest absolute Gasteiger partial charge is 0.109 e. The molecule has 1 aromatic rings. The van der Waals surface area contributed by atoms with Gasteiger partial charge in [0.05, 0.1) is 6.04 Å². The lowest BCUT2D eigenvalue weighted by atomic mass is 10.1. The van der Waals surface area contributed by atoms with Crippen molar-refractivity contribution in [1.29, 1.82) is 0 Å². The molecule has 0 fully saturated rings. The third-order valence-electron chi connectivity index (χ3n) is 2.72. The van der Waals surface area contributed by atoms with Crippen molar-refractivity contribution in [1.82, 2.24) is 10.3 Å². The molecule has 1 rings (SSSR count). The van der Waals surface area contributed by atoms with Crippen LogP contribution in [0.25, 0.3) is 0 Å². The van der Waals surface area contributed by atoms with E-state index in [1.807, 2.05) is 6.20 Å². The van der Waals surface area contributed by atoms with E-state index in [1.54, 1.807) is 11.3 Å². The Bertz CT molecular complexity index is 246. The zero-order chi connectivity index (χ0) is 11.1. The van der Waals surface area contributed by atoms with Crippen LogP contribution in [-0.4, -0.2) is 11.0 Å². The first-order chi connectivity index (χ1) is 7.31.